The third-order valence-electron chi connectivity index (χ3n) is 3.16. The van der Waals surface area contributed by atoms with Gasteiger partial charge < -0.3 is 11.1 Å². The lowest BCUT2D eigenvalue weighted by Gasteiger charge is -2.12. The monoisotopic (exact) mass is 204 g/mol. The molecule has 1 unspecified atom stereocenters. The molecule has 0 saturated carbocycles. The predicted molar refractivity (Wildman–Crippen MR) is 65.2 cm³/mol. The van der Waals surface area contributed by atoms with Crippen molar-refractivity contribution in [3.05, 3.63) is 29.3 Å². The van der Waals surface area contributed by atoms with Crippen LogP contribution in [-0.4, -0.2) is 13.1 Å². The van der Waals surface area contributed by atoms with Crippen molar-refractivity contribution >= 4 is 5.69 Å². The second kappa shape index (κ2) is 4.67. The van der Waals surface area contributed by atoms with Gasteiger partial charge in [0.25, 0.3) is 0 Å². The Morgan fingerprint density at radius 1 is 1.33 bits per heavy atom. The highest BCUT2D eigenvalue weighted by Crippen LogP contribution is 2.24. The molecule has 0 saturated heterocycles. The number of nitrogens with two attached hydrogens (primary N) is 1. The van der Waals surface area contributed by atoms with Gasteiger partial charge in [0, 0.05) is 12.2 Å². The van der Waals surface area contributed by atoms with Crippen molar-refractivity contribution in [1.29, 1.82) is 0 Å². The summed E-state index contributed by atoms with van der Waals surface area (Å²) in [7, 11) is 0. The van der Waals surface area contributed by atoms with Gasteiger partial charge in [-0.3, -0.25) is 0 Å². The van der Waals surface area contributed by atoms with Gasteiger partial charge in [-0.25, -0.2) is 0 Å². The quantitative estimate of drug-likeness (QED) is 0.789. The minimum absolute atomic E-state index is 0.540. The summed E-state index contributed by atoms with van der Waals surface area (Å²) in [5, 5.41) is 3.45. The van der Waals surface area contributed by atoms with Gasteiger partial charge in [0.05, 0.1) is 0 Å². The van der Waals surface area contributed by atoms with E-state index in [0.29, 0.717) is 5.92 Å². The molecular formula is C13H20N2. The van der Waals surface area contributed by atoms with Gasteiger partial charge in [0.15, 0.2) is 0 Å². The van der Waals surface area contributed by atoms with Crippen LogP contribution in [0.4, 0.5) is 5.69 Å². The van der Waals surface area contributed by atoms with Gasteiger partial charge in [-0.1, -0.05) is 13.0 Å². The van der Waals surface area contributed by atoms with E-state index in [2.05, 4.69) is 30.4 Å². The highest BCUT2D eigenvalue weighted by Gasteiger charge is 2.10. The second-order valence-corrected chi connectivity index (χ2v) is 4.56. The summed E-state index contributed by atoms with van der Waals surface area (Å²) in [6.45, 7) is 3.88. The van der Waals surface area contributed by atoms with Crippen molar-refractivity contribution in [3.8, 4) is 0 Å². The molecule has 2 nitrogen and oxygen atoms in total. The standard InChI is InChI=1S/C13H20N2/c1-10(8-14)9-15-13-6-5-11-3-2-4-12(11)7-13/h5-7,10,15H,2-4,8-9,14H2,1H3. The fourth-order valence-electron chi connectivity index (χ4n) is 2.06. The molecule has 1 aromatic carbocycles. The highest BCUT2D eigenvalue weighted by atomic mass is 14.9. The molecule has 2 heteroatoms. The molecule has 1 atom stereocenters. The first-order valence-corrected chi connectivity index (χ1v) is 5.85. The van der Waals surface area contributed by atoms with Gasteiger partial charge in [0.1, 0.15) is 0 Å². The first kappa shape index (κ1) is 10.5. The lowest BCUT2D eigenvalue weighted by atomic mass is 10.1. The molecular weight excluding hydrogens is 184 g/mol. The summed E-state index contributed by atoms with van der Waals surface area (Å²) >= 11 is 0. The second-order valence-electron chi connectivity index (χ2n) is 4.56. The van der Waals surface area contributed by atoms with Gasteiger partial charge >= 0.3 is 0 Å². The first-order chi connectivity index (χ1) is 7.29. The van der Waals surface area contributed by atoms with E-state index in [0.717, 1.165) is 13.1 Å². The van der Waals surface area contributed by atoms with E-state index in [1.54, 1.807) is 0 Å². The maximum absolute atomic E-state index is 5.59. The zero-order valence-electron chi connectivity index (χ0n) is 9.42. The van der Waals surface area contributed by atoms with Crippen LogP contribution in [0.5, 0.6) is 0 Å². The van der Waals surface area contributed by atoms with E-state index in [1.807, 2.05) is 0 Å². The number of hydrogen-bond donors (Lipinski definition) is 2. The summed E-state index contributed by atoms with van der Waals surface area (Å²) in [6.07, 6.45) is 3.82. The molecule has 2 rings (SSSR count). The molecule has 1 aromatic rings. The zero-order valence-corrected chi connectivity index (χ0v) is 9.42. The molecule has 0 aromatic heterocycles. The van der Waals surface area contributed by atoms with Crippen LogP contribution < -0.4 is 11.1 Å². The van der Waals surface area contributed by atoms with E-state index in [9.17, 15) is 0 Å². The van der Waals surface area contributed by atoms with E-state index >= 15 is 0 Å². The average molecular weight is 204 g/mol. The van der Waals surface area contributed by atoms with Crippen molar-refractivity contribution in [2.24, 2.45) is 11.7 Å². The molecule has 1 aliphatic carbocycles. The number of rotatable bonds is 4. The predicted octanol–water partition coefficient (Wildman–Crippen LogP) is 2.18. The number of nitrogens with one attached hydrogen (secondary N) is 1. The SMILES string of the molecule is CC(CN)CNc1ccc2c(c1)CCC2. The van der Waals surface area contributed by atoms with Crippen LogP contribution in [0.2, 0.25) is 0 Å². The van der Waals surface area contributed by atoms with Crippen LogP contribution in [0, 0.1) is 5.92 Å². The molecule has 0 radical (unpaired) electrons. The smallest absolute Gasteiger partial charge is 0.0343 e. The van der Waals surface area contributed by atoms with Crippen LogP contribution in [0.3, 0.4) is 0 Å². The minimum Gasteiger partial charge on any atom is -0.385 e. The molecule has 0 bridgehead atoms. The Bertz CT molecular complexity index is 333. The molecule has 0 heterocycles. The maximum Gasteiger partial charge on any atom is 0.0343 e. The van der Waals surface area contributed by atoms with E-state index < -0.39 is 0 Å². The Hall–Kier alpha value is -1.02. The Kier molecular flexibility index (Phi) is 3.27. The fourth-order valence-corrected chi connectivity index (χ4v) is 2.06. The van der Waals surface area contributed by atoms with Crippen LogP contribution in [0.15, 0.2) is 18.2 Å². The maximum atomic E-state index is 5.59. The van der Waals surface area contributed by atoms with Gasteiger partial charge in [-0.05, 0) is 55.0 Å². The van der Waals surface area contributed by atoms with E-state index in [4.69, 9.17) is 5.73 Å². The van der Waals surface area contributed by atoms with Crippen LogP contribution in [-0.2, 0) is 12.8 Å². The largest absolute Gasteiger partial charge is 0.385 e. The molecule has 3 N–H and O–H groups in total. The Balaban J connectivity index is 1.98. The number of benzene rings is 1. The number of hydrogen-bond acceptors (Lipinski definition) is 2. The molecule has 15 heavy (non-hydrogen) atoms. The molecule has 0 fully saturated rings. The molecule has 0 spiro atoms. The molecule has 1 aliphatic rings. The van der Waals surface area contributed by atoms with Crippen molar-refractivity contribution in [2.75, 3.05) is 18.4 Å². The first-order valence-electron chi connectivity index (χ1n) is 5.85. The third kappa shape index (κ3) is 2.51. The molecule has 82 valence electrons. The van der Waals surface area contributed by atoms with Gasteiger partial charge in [-0.15, -0.1) is 0 Å². The summed E-state index contributed by atoms with van der Waals surface area (Å²) in [5.74, 6) is 0.540. The third-order valence-corrected chi connectivity index (χ3v) is 3.16. The fraction of sp³-hybridized carbons (Fsp3) is 0.538. The van der Waals surface area contributed by atoms with E-state index in [-0.39, 0.29) is 0 Å². The summed E-state index contributed by atoms with van der Waals surface area (Å²) in [4.78, 5) is 0. The zero-order chi connectivity index (χ0) is 10.7. The number of anilines is 1. The summed E-state index contributed by atoms with van der Waals surface area (Å²) in [6, 6.07) is 6.75. The molecule has 0 amide bonds. The summed E-state index contributed by atoms with van der Waals surface area (Å²) in [5.41, 5.74) is 9.90. The summed E-state index contributed by atoms with van der Waals surface area (Å²) < 4.78 is 0. The number of fused-ring (bicyclic) bond motifs is 1. The molecule has 0 aliphatic heterocycles. The number of aryl methyl sites for hydroxylation is 2. The Morgan fingerprint density at radius 2 is 2.13 bits per heavy atom. The lowest BCUT2D eigenvalue weighted by Crippen LogP contribution is -2.19. The van der Waals surface area contributed by atoms with Crippen LogP contribution in [0.1, 0.15) is 24.5 Å². The Labute approximate surface area is 91.9 Å². The van der Waals surface area contributed by atoms with Crippen LogP contribution >= 0.6 is 0 Å². The topological polar surface area (TPSA) is 38.0 Å². The average Bonchev–Trinajstić information content (AvgIpc) is 2.72. The van der Waals surface area contributed by atoms with Crippen LogP contribution in [0.25, 0.3) is 0 Å². The minimum atomic E-state index is 0.540. The van der Waals surface area contributed by atoms with Gasteiger partial charge in [0.2, 0.25) is 0 Å². The van der Waals surface area contributed by atoms with Gasteiger partial charge in [-0.2, -0.15) is 0 Å². The van der Waals surface area contributed by atoms with Crippen molar-refractivity contribution < 1.29 is 0 Å². The lowest BCUT2D eigenvalue weighted by molar-refractivity contribution is 0.628. The van der Waals surface area contributed by atoms with Crippen molar-refractivity contribution in [2.45, 2.75) is 26.2 Å². The Morgan fingerprint density at radius 3 is 2.93 bits per heavy atom. The highest BCUT2D eigenvalue weighted by molar-refractivity contribution is 5.50. The van der Waals surface area contributed by atoms with E-state index in [1.165, 1.54) is 36.1 Å². The van der Waals surface area contributed by atoms with Crippen molar-refractivity contribution in [1.82, 2.24) is 0 Å². The van der Waals surface area contributed by atoms with Crippen molar-refractivity contribution in [3.63, 3.8) is 0 Å². The normalized spacial score (nSPS) is 16.1.